The fraction of sp³-hybridized carbons (Fsp3) is 0.533. The Morgan fingerprint density at radius 2 is 2.24 bits per heavy atom. The Morgan fingerprint density at radius 3 is 2.86 bits per heavy atom. The molecule has 0 saturated heterocycles. The summed E-state index contributed by atoms with van der Waals surface area (Å²) < 4.78 is 33.4. The van der Waals surface area contributed by atoms with E-state index in [1.165, 1.54) is 12.1 Å². The highest BCUT2D eigenvalue weighted by Gasteiger charge is 2.32. The third kappa shape index (κ3) is 3.60. The third-order valence-corrected chi connectivity index (χ3v) is 4.97. The van der Waals surface area contributed by atoms with Crippen LogP contribution in [-0.4, -0.2) is 21.6 Å². The fourth-order valence-electron chi connectivity index (χ4n) is 2.23. The van der Waals surface area contributed by atoms with Crippen molar-refractivity contribution in [1.29, 1.82) is 5.26 Å². The maximum absolute atomic E-state index is 13.3. The molecule has 114 valence electrons. The molecule has 6 heteroatoms. The summed E-state index contributed by atoms with van der Waals surface area (Å²) in [6, 6.07) is 5.90. The molecule has 0 bridgehead atoms. The molecule has 0 spiro atoms. The topological polar surface area (TPSA) is 62.1 Å². The van der Waals surface area contributed by atoms with Gasteiger partial charge in [0.2, 0.25) is 0 Å². The van der Waals surface area contributed by atoms with E-state index in [1.54, 1.807) is 6.07 Å². The predicted octanol–water partition coefficient (Wildman–Crippen LogP) is 2.64. The molecular weight excluding hydrogens is 291 g/mol. The third-order valence-electron chi connectivity index (χ3n) is 3.39. The Morgan fingerprint density at radius 1 is 1.52 bits per heavy atom. The molecule has 21 heavy (non-hydrogen) atoms. The molecule has 0 fully saturated rings. The van der Waals surface area contributed by atoms with Crippen LogP contribution in [0.25, 0.3) is 0 Å². The van der Waals surface area contributed by atoms with Gasteiger partial charge < -0.3 is 4.74 Å². The minimum Gasteiger partial charge on any atom is -0.493 e. The Hall–Kier alpha value is -1.45. The minimum absolute atomic E-state index is 0.161. The first-order valence-corrected chi connectivity index (χ1v) is 7.98. The number of hydrogen-bond acceptors (Lipinski definition) is 3. The van der Waals surface area contributed by atoms with Gasteiger partial charge in [-0.25, -0.2) is 13.3 Å². The molecule has 0 saturated carbocycles. The second kappa shape index (κ2) is 6.12. The highest BCUT2D eigenvalue weighted by Crippen LogP contribution is 2.36. The highest BCUT2D eigenvalue weighted by atomic mass is 32.2. The molecule has 1 N–H and O–H groups in total. The van der Waals surface area contributed by atoms with E-state index in [9.17, 15) is 13.9 Å². The van der Waals surface area contributed by atoms with Crippen LogP contribution in [0, 0.1) is 17.1 Å². The molecule has 1 aliphatic rings. The molecule has 0 unspecified atom stereocenters. The van der Waals surface area contributed by atoms with Crippen molar-refractivity contribution in [3.63, 3.8) is 0 Å². The molecule has 0 aliphatic carbocycles. The molecule has 1 aromatic carbocycles. The standard InChI is InChI=1S/C15H19FN2O2S/c1-15(2,3)21(19)18-13(9-17)11-6-7-20-14-8-10(16)4-5-12(11)14/h4-5,8,11,13,18H,6-7H2,1-3H3/t11-,13-,21+/m1/s1. The number of nitriles is 1. The predicted molar refractivity (Wildman–Crippen MR) is 79.7 cm³/mol. The van der Waals surface area contributed by atoms with Crippen molar-refractivity contribution < 1.29 is 13.3 Å². The molecule has 3 atom stereocenters. The van der Waals surface area contributed by atoms with Crippen molar-refractivity contribution in [2.24, 2.45) is 0 Å². The number of hydrogen-bond donors (Lipinski definition) is 1. The molecule has 0 amide bonds. The van der Waals surface area contributed by atoms with Gasteiger partial charge in [-0.3, -0.25) is 0 Å². The van der Waals surface area contributed by atoms with E-state index < -0.39 is 21.8 Å². The largest absolute Gasteiger partial charge is 0.493 e. The normalized spacial score (nSPS) is 20.8. The van der Waals surface area contributed by atoms with Crippen LogP contribution in [0.4, 0.5) is 4.39 Å². The Bertz CT molecular complexity index is 592. The van der Waals surface area contributed by atoms with E-state index in [-0.39, 0.29) is 11.7 Å². The van der Waals surface area contributed by atoms with Gasteiger partial charge in [-0.1, -0.05) is 6.07 Å². The first-order chi connectivity index (χ1) is 9.82. The number of nitrogens with zero attached hydrogens (tertiary/aromatic N) is 1. The smallest absolute Gasteiger partial charge is 0.126 e. The van der Waals surface area contributed by atoms with Crippen LogP contribution in [0.1, 0.15) is 38.7 Å². The molecule has 1 heterocycles. The SMILES string of the molecule is CC(C)(C)[S@](=O)N[C@H](C#N)[C@@H]1CCOc2cc(F)ccc21. The summed E-state index contributed by atoms with van der Waals surface area (Å²) in [5.74, 6) is -0.0605. The quantitative estimate of drug-likeness (QED) is 0.933. The summed E-state index contributed by atoms with van der Waals surface area (Å²) in [4.78, 5) is 0. The van der Waals surface area contributed by atoms with Gasteiger partial charge in [0.25, 0.3) is 0 Å². The van der Waals surface area contributed by atoms with E-state index in [1.807, 2.05) is 20.8 Å². The lowest BCUT2D eigenvalue weighted by atomic mass is 9.87. The second-order valence-electron chi connectivity index (χ2n) is 6.03. The number of ether oxygens (including phenoxy) is 1. The van der Waals surface area contributed by atoms with Crippen LogP contribution in [-0.2, 0) is 11.0 Å². The molecule has 1 aliphatic heterocycles. The van der Waals surface area contributed by atoms with Gasteiger partial charge in [0, 0.05) is 17.5 Å². The van der Waals surface area contributed by atoms with Crippen molar-refractivity contribution in [2.75, 3.05) is 6.61 Å². The Balaban J connectivity index is 2.25. The van der Waals surface area contributed by atoms with Crippen molar-refractivity contribution >= 4 is 11.0 Å². The van der Waals surface area contributed by atoms with Crippen molar-refractivity contribution in [3.05, 3.63) is 29.6 Å². The van der Waals surface area contributed by atoms with Crippen LogP contribution < -0.4 is 9.46 Å². The van der Waals surface area contributed by atoms with Crippen LogP contribution >= 0.6 is 0 Å². The summed E-state index contributed by atoms with van der Waals surface area (Å²) in [5.41, 5.74) is 0.785. The summed E-state index contributed by atoms with van der Waals surface area (Å²) in [6.07, 6.45) is 0.630. The first kappa shape index (κ1) is 15.9. The second-order valence-corrected chi connectivity index (χ2v) is 8.03. The number of fused-ring (bicyclic) bond motifs is 1. The number of nitrogens with one attached hydrogen (secondary N) is 1. The van der Waals surface area contributed by atoms with Crippen molar-refractivity contribution in [2.45, 2.75) is 43.9 Å². The lowest BCUT2D eigenvalue weighted by Crippen LogP contribution is -2.43. The van der Waals surface area contributed by atoms with Crippen molar-refractivity contribution in [3.8, 4) is 11.8 Å². The zero-order valence-corrected chi connectivity index (χ0v) is 13.2. The molecule has 2 rings (SSSR count). The average Bonchev–Trinajstić information content (AvgIpc) is 2.42. The lowest BCUT2D eigenvalue weighted by Gasteiger charge is -2.30. The van der Waals surface area contributed by atoms with Crippen LogP contribution in [0.3, 0.4) is 0 Å². The van der Waals surface area contributed by atoms with Gasteiger partial charge >= 0.3 is 0 Å². The lowest BCUT2D eigenvalue weighted by molar-refractivity contribution is 0.259. The van der Waals surface area contributed by atoms with Gasteiger partial charge in [-0.05, 0) is 33.3 Å². The van der Waals surface area contributed by atoms with E-state index in [2.05, 4.69) is 10.8 Å². The molecule has 0 aromatic heterocycles. The highest BCUT2D eigenvalue weighted by molar-refractivity contribution is 7.84. The summed E-state index contributed by atoms with van der Waals surface area (Å²) in [6.45, 7) is 5.96. The zero-order valence-electron chi connectivity index (χ0n) is 12.4. The van der Waals surface area contributed by atoms with Crippen LogP contribution in [0.5, 0.6) is 5.75 Å². The Labute approximate surface area is 126 Å². The maximum atomic E-state index is 13.3. The number of halogens is 1. The Kier molecular flexibility index (Phi) is 4.64. The van der Waals surface area contributed by atoms with Gasteiger partial charge in [0.15, 0.2) is 0 Å². The van der Waals surface area contributed by atoms with Gasteiger partial charge in [-0.15, -0.1) is 0 Å². The monoisotopic (exact) mass is 310 g/mol. The fourth-order valence-corrected chi connectivity index (χ4v) is 3.03. The zero-order chi connectivity index (χ0) is 15.6. The van der Waals surface area contributed by atoms with Crippen LogP contribution in [0.2, 0.25) is 0 Å². The molecule has 4 nitrogen and oxygen atoms in total. The van der Waals surface area contributed by atoms with E-state index in [0.717, 1.165) is 5.56 Å². The molecule has 1 aromatic rings. The molecular formula is C15H19FN2O2S. The minimum atomic E-state index is -1.34. The van der Waals surface area contributed by atoms with Gasteiger partial charge in [0.1, 0.15) is 17.6 Å². The van der Waals surface area contributed by atoms with E-state index in [0.29, 0.717) is 18.8 Å². The maximum Gasteiger partial charge on any atom is 0.126 e. The summed E-state index contributed by atoms with van der Waals surface area (Å²) in [7, 11) is -1.34. The van der Waals surface area contributed by atoms with Gasteiger partial charge in [-0.2, -0.15) is 5.26 Å². The summed E-state index contributed by atoms with van der Waals surface area (Å²) in [5, 5.41) is 9.41. The van der Waals surface area contributed by atoms with Crippen LogP contribution in [0.15, 0.2) is 18.2 Å². The summed E-state index contributed by atoms with van der Waals surface area (Å²) >= 11 is 0. The average molecular weight is 310 g/mol. The molecule has 0 radical (unpaired) electrons. The van der Waals surface area contributed by atoms with Crippen molar-refractivity contribution in [1.82, 2.24) is 4.72 Å². The number of benzene rings is 1. The number of rotatable bonds is 3. The van der Waals surface area contributed by atoms with Gasteiger partial charge in [0.05, 0.1) is 28.4 Å². The first-order valence-electron chi connectivity index (χ1n) is 6.83. The van der Waals surface area contributed by atoms with E-state index in [4.69, 9.17) is 4.74 Å². The van der Waals surface area contributed by atoms with E-state index >= 15 is 0 Å².